The predicted molar refractivity (Wildman–Crippen MR) is 138 cm³/mol. The largest absolute Gasteiger partial charge is 0.324 e. The van der Waals surface area contributed by atoms with Gasteiger partial charge in [0.15, 0.2) is 0 Å². The quantitative estimate of drug-likeness (QED) is 0.540. The number of benzene rings is 3. The zero-order valence-corrected chi connectivity index (χ0v) is 20.4. The van der Waals surface area contributed by atoms with Crippen LogP contribution in [0.3, 0.4) is 0 Å². The number of anilines is 2. The van der Waals surface area contributed by atoms with Crippen LogP contribution in [0.25, 0.3) is 0 Å². The Morgan fingerprint density at radius 2 is 1.67 bits per heavy atom. The Labute approximate surface area is 213 Å². The maximum Gasteiger partial charge on any atom is 0.249 e. The maximum atomic E-state index is 13.9. The van der Waals surface area contributed by atoms with Crippen LogP contribution in [0.1, 0.15) is 28.3 Å². The molecule has 4 atom stereocenters. The second-order valence-corrected chi connectivity index (χ2v) is 9.93. The third-order valence-electron chi connectivity index (χ3n) is 7.27. The lowest BCUT2D eigenvalue weighted by molar-refractivity contribution is -0.129. The van der Waals surface area contributed by atoms with Crippen LogP contribution in [0.5, 0.6) is 0 Å². The maximum absolute atomic E-state index is 13.9. The van der Waals surface area contributed by atoms with Crippen molar-refractivity contribution in [3.8, 4) is 0 Å². The van der Waals surface area contributed by atoms with Crippen molar-refractivity contribution in [1.82, 2.24) is 5.01 Å². The number of rotatable bonds is 3. The second-order valence-electron chi connectivity index (χ2n) is 9.49. The van der Waals surface area contributed by atoms with Crippen molar-refractivity contribution in [2.45, 2.75) is 25.9 Å². The first kappa shape index (κ1) is 22.5. The van der Waals surface area contributed by atoms with Crippen molar-refractivity contribution >= 4 is 46.9 Å². The highest BCUT2D eigenvalue weighted by Gasteiger charge is 2.65. The van der Waals surface area contributed by atoms with Gasteiger partial charge >= 0.3 is 0 Å². The van der Waals surface area contributed by atoms with Gasteiger partial charge < -0.3 is 5.32 Å². The number of aryl methyl sites for hydroxylation is 2. The minimum Gasteiger partial charge on any atom is -0.324 e. The van der Waals surface area contributed by atoms with Gasteiger partial charge in [-0.2, -0.15) is 5.10 Å². The van der Waals surface area contributed by atoms with Crippen LogP contribution in [0, 0.1) is 25.7 Å². The number of nitrogens with one attached hydrogen (secondary N) is 1. The fourth-order valence-corrected chi connectivity index (χ4v) is 5.84. The summed E-state index contributed by atoms with van der Waals surface area (Å²) < 4.78 is 0. The third-order valence-corrected chi connectivity index (χ3v) is 7.52. The van der Waals surface area contributed by atoms with E-state index in [9.17, 15) is 14.4 Å². The number of carbonyl (C=O) groups excluding carboxylic acids is 3. The minimum absolute atomic E-state index is 0.305. The second kappa shape index (κ2) is 8.31. The van der Waals surface area contributed by atoms with E-state index in [1.807, 2.05) is 50.2 Å². The van der Waals surface area contributed by atoms with Gasteiger partial charge in [0.1, 0.15) is 6.04 Å². The summed E-state index contributed by atoms with van der Waals surface area (Å²) >= 11 is 5.99. The first-order valence-electron chi connectivity index (χ1n) is 11.8. The van der Waals surface area contributed by atoms with Gasteiger partial charge in [0.2, 0.25) is 17.7 Å². The summed E-state index contributed by atoms with van der Waals surface area (Å²) in [6.07, 6.45) is 1.69. The van der Waals surface area contributed by atoms with E-state index >= 15 is 0 Å². The Kier molecular flexibility index (Phi) is 5.19. The van der Waals surface area contributed by atoms with E-state index in [2.05, 4.69) is 10.4 Å². The molecule has 36 heavy (non-hydrogen) atoms. The topological polar surface area (TPSA) is 82.1 Å². The molecule has 3 heterocycles. The molecule has 0 aromatic heterocycles. The molecule has 7 nitrogen and oxygen atoms in total. The average molecular weight is 499 g/mol. The Morgan fingerprint density at radius 3 is 2.42 bits per heavy atom. The number of fused-ring (bicyclic) bond motifs is 5. The number of imide groups is 1. The molecule has 3 aromatic rings. The van der Waals surface area contributed by atoms with Crippen LogP contribution in [-0.4, -0.2) is 35.0 Å². The van der Waals surface area contributed by atoms with Gasteiger partial charge in [0.25, 0.3) is 0 Å². The Morgan fingerprint density at radius 1 is 0.944 bits per heavy atom. The van der Waals surface area contributed by atoms with Crippen LogP contribution < -0.4 is 10.2 Å². The van der Waals surface area contributed by atoms with Gasteiger partial charge in [-0.25, -0.2) is 4.90 Å². The fourth-order valence-electron chi connectivity index (χ4n) is 5.71. The zero-order chi connectivity index (χ0) is 25.1. The van der Waals surface area contributed by atoms with Gasteiger partial charge in [-0.05, 0) is 60.9 Å². The van der Waals surface area contributed by atoms with E-state index in [0.717, 1.165) is 22.3 Å². The normalized spacial score (nSPS) is 24.0. The molecular formula is C28H23ClN4O3. The third kappa shape index (κ3) is 3.34. The van der Waals surface area contributed by atoms with Crippen molar-refractivity contribution in [1.29, 1.82) is 0 Å². The highest BCUT2D eigenvalue weighted by Crippen LogP contribution is 2.53. The lowest BCUT2D eigenvalue weighted by atomic mass is 9.85. The first-order chi connectivity index (χ1) is 17.3. The first-order valence-corrected chi connectivity index (χ1v) is 12.2. The smallest absolute Gasteiger partial charge is 0.249 e. The molecule has 6 rings (SSSR count). The molecular weight excluding hydrogens is 476 g/mol. The summed E-state index contributed by atoms with van der Waals surface area (Å²) in [5.41, 5.74) is 4.74. The summed E-state index contributed by atoms with van der Waals surface area (Å²) in [4.78, 5) is 42.8. The minimum atomic E-state index is -0.951. The number of hydrazone groups is 1. The van der Waals surface area contributed by atoms with Gasteiger partial charge in [-0.1, -0.05) is 53.6 Å². The molecule has 3 amide bonds. The molecule has 0 unspecified atom stereocenters. The van der Waals surface area contributed by atoms with E-state index in [-0.39, 0.29) is 11.8 Å². The van der Waals surface area contributed by atoms with E-state index in [1.54, 1.807) is 41.6 Å². The number of hydrogen-bond donors (Lipinski definition) is 1. The molecule has 0 spiro atoms. The standard InChI is InChI=1S/C28H23ClN4O3/c1-15-7-12-21(16(2)13-15)32-27(35)22-23(28(32)36)25(26(34)31-19-10-8-18(29)9-11-19)33-24(22)20-6-4-3-5-17(20)14-30-33/h3-14,22-25H,1-2H3,(H,31,34)/t22-,23+,24-,25-/m1/s1. The Balaban J connectivity index is 1.45. The van der Waals surface area contributed by atoms with Crippen LogP contribution in [0.2, 0.25) is 5.02 Å². The lowest BCUT2D eigenvalue weighted by Crippen LogP contribution is -2.46. The summed E-state index contributed by atoms with van der Waals surface area (Å²) in [5.74, 6) is -2.69. The molecule has 3 aromatic carbocycles. The molecule has 2 saturated heterocycles. The molecule has 3 aliphatic rings. The SMILES string of the molecule is Cc1ccc(N2C(=O)[C@@H]3[C@H](C2=O)[C@H](C(=O)Nc2ccc(Cl)cc2)N2N=Cc4ccccc4[C@H]32)c(C)c1. The number of halogens is 1. The van der Waals surface area contributed by atoms with E-state index < -0.39 is 29.8 Å². The molecule has 0 saturated carbocycles. The average Bonchev–Trinajstić information content (AvgIpc) is 3.34. The van der Waals surface area contributed by atoms with E-state index in [0.29, 0.717) is 16.4 Å². The molecule has 0 aliphatic carbocycles. The Hall–Kier alpha value is -3.97. The molecule has 0 bridgehead atoms. The Bertz CT molecular complexity index is 1450. The highest BCUT2D eigenvalue weighted by atomic mass is 35.5. The number of nitrogens with zero attached hydrogens (tertiary/aromatic N) is 3. The molecule has 1 N–H and O–H groups in total. The van der Waals surface area contributed by atoms with Crippen molar-refractivity contribution in [2.24, 2.45) is 16.9 Å². The highest BCUT2D eigenvalue weighted by molar-refractivity contribution is 6.30. The van der Waals surface area contributed by atoms with Crippen molar-refractivity contribution < 1.29 is 14.4 Å². The fraction of sp³-hybridized carbons (Fsp3) is 0.214. The van der Waals surface area contributed by atoms with Crippen LogP contribution in [-0.2, 0) is 14.4 Å². The molecule has 3 aliphatic heterocycles. The van der Waals surface area contributed by atoms with Gasteiger partial charge in [0, 0.05) is 10.7 Å². The van der Waals surface area contributed by atoms with Crippen molar-refractivity contribution in [3.63, 3.8) is 0 Å². The van der Waals surface area contributed by atoms with E-state index in [4.69, 9.17) is 11.6 Å². The lowest BCUT2D eigenvalue weighted by Gasteiger charge is -2.33. The monoisotopic (exact) mass is 498 g/mol. The molecule has 2 fully saturated rings. The molecule has 8 heteroatoms. The predicted octanol–water partition coefficient (Wildman–Crippen LogP) is 4.47. The van der Waals surface area contributed by atoms with Crippen LogP contribution >= 0.6 is 11.6 Å². The van der Waals surface area contributed by atoms with Gasteiger partial charge in [0.05, 0.1) is 29.8 Å². The van der Waals surface area contributed by atoms with Crippen molar-refractivity contribution in [3.05, 3.63) is 94.0 Å². The number of carbonyl (C=O) groups is 3. The van der Waals surface area contributed by atoms with Gasteiger partial charge in [-0.15, -0.1) is 0 Å². The molecule has 0 radical (unpaired) electrons. The van der Waals surface area contributed by atoms with Crippen LogP contribution in [0.15, 0.2) is 71.8 Å². The van der Waals surface area contributed by atoms with Crippen LogP contribution in [0.4, 0.5) is 11.4 Å². The summed E-state index contributed by atoms with van der Waals surface area (Å²) in [7, 11) is 0. The van der Waals surface area contributed by atoms with E-state index in [1.165, 1.54) is 4.90 Å². The van der Waals surface area contributed by atoms with Gasteiger partial charge in [-0.3, -0.25) is 19.4 Å². The zero-order valence-electron chi connectivity index (χ0n) is 19.7. The number of hydrogen-bond acceptors (Lipinski definition) is 5. The summed E-state index contributed by atoms with van der Waals surface area (Å²) in [6, 6.07) is 18.6. The summed E-state index contributed by atoms with van der Waals surface area (Å²) in [5, 5.41) is 9.65. The van der Waals surface area contributed by atoms with Crippen molar-refractivity contribution in [2.75, 3.05) is 10.2 Å². The number of amides is 3. The summed E-state index contributed by atoms with van der Waals surface area (Å²) in [6.45, 7) is 3.85. The molecule has 180 valence electrons.